The van der Waals surface area contributed by atoms with Crippen LogP contribution < -0.4 is 10.1 Å². The van der Waals surface area contributed by atoms with E-state index in [4.69, 9.17) is 27.9 Å². The van der Waals surface area contributed by atoms with Crippen LogP contribution in [0.15, 0.2) is 42.5 Å². The Bertz CT molecular complexity index is 1200. The minimum atomic E-state index is -4.65. The largest absolute Gasteiger partial charge is 0.455 e. The Morgan fingerprint density at radius 2 is 1.94 bits per heavy atom. The van der Waals surface area contributed by atoms with Gasteiger partial charge in [0.15, 0.2) is 5.69 Å². The minimum absolute atomic E-state index is 0.00616. The Hall–Kier alpha value is -3.31. The molecule has 13 heteroatoms. The summed E-state index contributed by atoms with van der Waals surface area (Å²) in [5, 5.41) is 17.5. The highest BCUT2D eigenvalue weighted by molar-refractivity contribution is 6.35. The smallest absolute Gasteiger partial charge is 0.435 e. The molecule has 0 radical (unpaired) electrons. The second-order valence-electron chi connectivity index (χ2n) is 6.52. The summed E-state index contributed by atoms with van der Waals surface area (Å²) in [6.07, 6.45) is -4.65. The molecular formula is C19H13Cl2F3N4O4. The number of nitro groups is 1. The van der Waals surface area contributed by atoms with E-state index < -0.39 is 34.9 Å². The number of halogens is 5. The number of rotatable bonds is 6. The minimum Gasteiger partial charge on any atom is -0.455 e. The zero-order valence-electron chi connectivity index (χ0n) is 16.1. The molecule has 0 saturated carbocycles. The Balaban J connectivity index is 1.82. The van der Waals surface area contributed by atoms with E-state index in [0.717, 1.165) is 22.9 Å². The number of alkyl halides is 3. The van der Waals surface area contributed by atoms with Crippen LogP contribution in [0.25, 0.3) is 0 Å². The summed E-state index contributed by atoms with van der Waals surface area (Å²) in [7, 11) is 0. The van der Waals surface area contributed by atoms with Crippen molar-refractivity contribution >= 4 is 40.5 Å². The summed E-state index contributed by atoms with van der Waals surface area (Å²) < 4.78 is 44.8. The molecule has 0 atom stereocenters. The van der Waals surface area contributed by atoms with Crippen LogP contribution in [0.4, 0.5) is 24.5 Å². The lowest BCUT2D eigenvalue weighted by Crippen LogP contribution is -2.21. The van der Waals surface area contributed by atoms with Gasteiger partial charge in [0.25, 0.3) is 5.69 Å². The molecule has 0 bridgehead atoms. The predicted molar refractivity (Wildman–Crippen MR) is 110 cm³/mol. The number of amides is 1. The standard InChI is InChI=1S/C19H13Cl2F3N4O4/c1-10-4-17(19(22,23)24)26-27(10)9-18(29)25-12-6-13(28(30)31)8-14(7-12)32-16-3-2-11(20)5-15(16)21/h2-8H,9H2,1H3,(H,25,29). The third kappa shape index (κ3) is 5.68. The van der Waals surface area contributed by atoms with Crippen LogP contribution in [0.3, 0.4) is 0 Å². The van der Waals surface area contributed by atoms with E-state index in [2.05, 4.69) is 10.4 Å². The molecule has 168 valence electrons. The first-order valence-electron chi connectivity index (χ1n) is 8.76. The van der Waals surface area contributed by atoms with E-state index >= 15 is 0 Å². The molecule has 0 fully saturated rings. The van der Waals surface area contributed by atoms with E-state index in [-0.39, 0.29) is 27.9 Å². The molecule has 1 aromatic heterocycles. The van der Waals surface area contributed by atoms with Crippen LogP contribution in [-0.4, -0.2) is 20.6 Å². The lowest BCUT2D eigenvalue weighted by molar-refractivity contribution is -0.384. The van der Waals surface area contributed by atoms with Crippen molar-refractivity contribution in [3.63, 3.8) is 0 Å². The van der Waals surface area contributed by atoms with Crippen molar-refractivity contribution in [3.8, 4) is 11.5 Å². The van der Waals surface area contributed by atoms with Crippen molar-refractivity contribution in [2.24, 2.45) is 0 Å². The topological polar surface area (TPSA) is 99.3 Å². The maximum atomic E-state index is 12.8. The fourth-order valence-corrected chi connectivity index (χ4v) is 3.10. The molecule has 0 aliphatic carbocycles. The van der Waals surface area contributed by atoms with Gasteiger partial charge >= 0.3 is 6.18 Å². The quantitative estimate of drug-likeness (QED) is 0.346. The van der Waals surface area contributed by atoms with Crippen LogP contribution in [-0.2, 0) is 17.5 Å². The summed E-state index contributed by atoms with van der Waals surface area (Å²) in [4.78, 5) is 22.9. The summed E-state index contributed by atoms with van der Waals surface area (Å²) in [6, 6.07) is 8.68. The molecule has 3 rings (SSSR count). The zero-order valence-corrected chi connectivity index (χ0v) is 17.6. The number of ether oxygens (including phenoxy) is 1. The molecular weight excluding hydrogens is 476 g/mol. The number of hydrogen-bond donors (Lipinski definition) is 1. The van der Waals surface area contributed by atoms with Gasteiger partial charge in [-0.15, -0.1) is 0 Å². The molecule has 3 aromatic rings. The van der Waals surface area contributed by atoms with Gasteiger partial charge in [-0.1, -0.05) is 23.2 Å². The van der Waals surface area contributed by atoms with Gasteiger partial charge in [0.05, 0.1) is 21.7 Å². The molecule has 1 heterocycles. The Morgan fingerprint density at radius 1 is 1.22 bits per heavy atom. The Morgan fingerprint density at radius 3 is 2.53 bits per heavy atom. The molecule has 1 N–H and O–H groups in total. The lowest BCUT2D eigenvalue weighted by Gasteiger charge is -2.11. The maximum Gasteiger partial charge on any atom is 0.435 e. The predicted octanol–water partition coefficient (Wildman–Crippen LogP) is 5.86. The highest BCUT2D eigenvalue weighted by Crippen LogP contribution is 2.34. The number of anilines is 1. The normalized spacial score (nSPS) is 11.3. The second kappa shape index (κ2) is 9.05. The first-order valence-corrected chi connectivity index (χ1v) is 9.52. The molecule has 32 heavy (non-hydrogen) atoms. The van der Waals surface area contributed by atoms with Crippen molar-refractivity contribution < 1.29 is 27.6 Å². The fourth-order valence-electron chi connectivity index (χ4n) is 2.65. The number of non-ortho nitro benzene ring substituents is 1. The van der Waals surface area contributed by atoms with Gasteiger partial charge in [0.2, 0.25) is 5.91 Å². The van der Waals surface area contributed by atoms with Gasteiger partial charge in [-0.25, -0.2) is 0 Å². The zero-order chi connectivity index (χ0) is 23.6. The van der Waals surface area contributed by atoms with E-state index in [1.807, 2.05) is 0 Å². The molecule has 2 aromatic carbocycles. The number of aromatic nitrogens is 2. The SMILES string of the molecule is Cc1cc(C(F)(F)F)nn1CC(=O)Nc1cc(Oc2ccc(Cl)cc2Cl)cc([N+](=O)[O-])c1. The van der Waals surface area contributed by atoms with Gasteiger partial charge in [0, 0.05) is 22.8 Å². The number of carbonyl (C=O) groups excluding carboxylic acids is 1. The molecule has 0 spiro atoms. The summed E-state index contributed by atoms with van der Waals surface area (Å²) in [6.45, 7) is 0.828. The van der Waals surface area contributed by atoms with Gasteiger partial charge in [-0.3, -0.25) is 19.6 Å². The first-order chi connectivity index (χ1) is 14.9. The van der Waals surface area contributed by atoms with Crippen LogP contribution in [0.2, 0.25) is 10.0 Å². The van der Waals surface area contributed by atoms with Crippen molar-refractivity contribution in [2.75, 3.05) is 5.32 Å². The first kappa shape index (κ1) is 23.4. The molecule has 0 saturated heterocycles. The van der Waals surface area contributed by atoms with E-state index in [1.165, 1.54) is 31.2 Å². The fraction of sp³-hybridized carbons (Fsp3) is 0.158. The van der Waals surface area contributed by atoms with Crippen molar-refractivity contribution in [1.82, 2.24) is 9.78 Å². The summed E-state index contributed by atoms with van der Waals surface area (Å²) in [5.74, 6) is -0.588. The van der Waals surface area contributed by atoms with E-state index in [0.29, 0.717) is 5.02 Å². The molecule has 1 amide bonds. The summed E-state index contributed by atoms with van der Waals surface area (Å²) in [5.41, 5.74) is -1.41. The molecule has 0 aliphatic rings. The summed E-state index contributed by atoms with van der Waals surface area (Å²) >= 11 is 11.9. The molecule has 0 unspecified atom stereocenters. The third-order valence-corrected chi connectivity index (χ3v) is 4.60. The van der Waals surface area contributed by atoms with E-state index in [9.17, 15) is 28.1 Å². The number of carbonyl (C=O) groups is 1. The number of nitrogens with one attached hydrogen (secondary N) is 1. The highest BCUT2D eigenvalue weighted by atomic mass is 35.5. The average molecular weight is 489 g/mol. The van der Waals surface area contributed by atoms with E-state index in [1.54, 1.807) is 0 Å². The van der Waals surface area contributed by atoms with Crippen LogP contribution >= 0.6 is 23.2 Å². The number of nitrogens with zero attached hydrogens (tertiary/aromatic N) is 3. The monoisotopic (exact) mass is 488 g/mol. The maximum absolute atomic E-state index is 12.8. The lowest BCUT2D eigenvalue weighted by atomic mass is 10.2. The Labute approximate surface area is 188 Å². The van der Waals surface area contributed by atoms with Crippen molar-refractivity contribution in [2.45, 2.75) is 19.6 Å². The van der Waals surface area contributed by atoms with Crippen LogP contribution in [0.5, 0.6) is 11.5 Å². The van der Waals surface area contributed by atoms with Crippen LogP contribution in [0.1, 0.15) is 11.4 Å². The molecule has 8 nitrogen and oxygen atoms in total. The van der Waals surface area contributed by atoms with Gasteiger partial charge in [-0.2, -0.15) is 18.3 Å². The second-order valence-corrected chi connectivity index (χ2v) is 7.37. The number of hydrogen-bond acceptors (Lipinski definition) is 5. The molecule has 0 aliphatic heterocycles. The Kier molecular flexibility index (Phi) is 6.60. The average Bonchev–Trinajstić information content (AvgIpc) is 3.04. The number of benzene rings is 2. The van der Waals surface area contributed by atoms with Crippen molar-refractivity contribution in [1.29, 1.82) is 0 Å². The highest BCUT2D eigenvalue weighted by Gasteiger charge is 2.34. The van der Waals surface area contributed by atoms with Gasteiger partial charge in [-0.05, 0) is 31.2 Å². The van der Waals surface area contributed by atoms with Crippen molar-refractivity contribution in [3.05, 3.63) is 74.0 Å². The number of aryl methyl sites for hydroxylation is 1. The van der Waals surface area contributed by atoms with Gasteiger partial charge in [0.1, 0.15) is 18.0 Å². The van der Waals surface area contributed by atoms with Gasteiger partial charge < -0.3 is 10.1 Å². The number of nitro benzene ring substituents is 1. The van der Waals surface area contributed by atoms with Crippen LogP contribution in [0, 0.1) is 17.0 Å². The third-order valence-electron chi connectivity index (χ3n) is 4.07.